The van der Waals surface area contributed by atoms with Crippen molar-refractivity contribution in [3.05, 3.63) is 71.8 Å². The Morgan fingerprint density at radius 1 is 0.962 bits per heavy atom. The van der Waals surface area contributed by atoms with E-state index in [0.717, 1.165) is 17.5 Å². The largest absolute Gasteiger partial charge is 0.469 e. The highest BCUT2D eigenvalue weighted by atomic mass is 16.5. The van der Waals surface area contributed by atoms with Gasteiger partial charge in [0, 0.05) is 0 Å². The summed E-state index contributed by atoms with van der Waals surface area (Å²) in [6.07, 6.45) is 1.22. The maximum Gasteiger partial charge on any atom is 0.308 e. The molecule has 0 fully saturated rings. The van der Waals surface area contributed by atoms with E-state index in [0.29, 0.717) is 13.0 Å². The quantitative estimate of drug-likeness (QED) is 0.582. The molecule has 0 spiro atoms. The first kappa shape index (κ1) is 20.2. The van der Waals surface area contributed by atoms with E-state index >= 15 is 0 Å². The Morgan fingerprint density at radius 3 is 2.08 bits per heavy atom. The van der Waals surface area contributed by atoms with E-state index in [1.54, 1.807) is 0 Å². The molecule has 0 saturated carbocycles. The summed E-state index contributed by atoms with van der Waals surface area (Å²) >= 11 is 0. The van der Waals surface area contributed by atoms with Crippen molar-refractivity contribution in [3.8, 4) is 0 Å². The van der Waals surface area contributed by atoms with E-state index in [-0.39, 0.29) is 23.4 Å². The molecule has 0 N–H and O–H groups in total. The van der Waals surface area contributed by atoms with Gasteiger partial charge in [0.15, 0.2) is 0 Å². The number of methoxy groups -OCH3 is 1. The van der Waals surface area contributed by atoms with E-state index in [9.17, 15) is 4.79 Å². The van der Waals surface area contributed by atoms with Gasteiger partial charge in [0.05, 0.1) is 25.7 Å². The summed E-state index contributed by atoms with van der Waals surface area (Å²) in [7, 11) is 1.46. The average molecular weight is 354 g/mol. The second-order valence-electron chi connectivity index (χ2n) is 7.92. The fraction of sp³-hybridized carbons (Fsp3) is 0.435. The van der Waals surface area contributed by atoms with Crippen LogP contribution in [-0.2, 0) is 20.9 Å². The lowest BCUT2D eigenvalue weighted by Gasteiger charge is -2.28. The zero-order valence-electron chi connectivity index (χ0n) is 16.3. The van der Waals surface area contributed by atoms with Crippen LogP contribution in [0.5, 0.6) is 0 Å². The fourth-order valence-electron chi connectivity index (χ4n) is 3.17. The normalized spacial score (nSPS) is 13.8. The summed E-state index contributed by atoms with van der Waals surface area (Å²) in [5.41, 5.74) is 2.25. The van der Waals surface area contributed by atoms with Gasteiger partial charge < -0.3 is 9.47 Å². The van der Waals surface area contributed by atoms with Gasteiger partial charge in [-0.25, -0.2) is 0 Å². The third-order valence-electron chi connectivity index (χ3n) is 4.36. The predicted molar refractivity (Wildman–Crippen MR) is 105 cm³/mol. The van der Waals surface area contributed by atoms with Crippen LogP contribution in [0.1, 0.15) is 50.8 Å². The summed E-state index contributed by atoms with van der Waals surface area (Å²) in [5.74, 6) is -0.356. The lowest BCUT2D eigenvalue weighted by molar-refractivity contribution is -0.148. The second-order valence-corrected chi connectivity index (χ2v) is 7.92. The van der Waals surface area contributed by atoms with Gasteiger partial charge in [-0.2, -0.15) is 0 Å². The molecule has 2 rings (SSSR count). The molecule has 0 aromatic heterocycles. The SMILES string of the molecule is COC(=O)[C@H](C[C@@H](OCc1ccccc1)c1ccccc1)CC(C)(C)C. The summed E-state index contributed by atoms with van der Waals surface area (Å²) in [5, 5.41) is 0. The van der Waals surface area contributed by atoms with Gasteiger partial charge in [-0.05, 0) is 29.4 Å². The summed E-state index contributed by atoms with van der Waals surface area (Å²) in [4.78, 5) is 12.4. The van der Waals surface area contributed by atoms with Gasteiger partial charge in [-0.3, -0.25) is 4.79 Å². The second kappa shape index (κ2) is 9.54. The van der Waals surface area contributed by atoms with Crippen LogP contribution >= 0.6 is 0 Å². The fourth-order valence-corrected chi connectivity index (χ4v) is 3.17. The molecule has 2 atom stereocenters. The van der Waals surface area contributed by atoms with Crippen molar-refractivity contribution >= 4 is 5.97 Å². The zero-order chi connectivity index (χ0) is 19.0. The molecule has 140 valence electrons. The van der Waals surface area contributed by atoms with Crippen molar-refractivity contribution in [2.45, 2.75) is 46.3 Å². The molecular weight excluding hydrogens is 324 g/mol. The number of carbonyl (C=O) groups is 1. The summed E-state index contributed by atoms with van der Waals surface area (Å²) < 4.78 is 11.3. The highest BCUT2D eigenvalue weighted by molar-refractivity contribution is 5.72. The highest BCUT2D eigenvalue weighted by Crippen LogP contribution is 2.33. The van der Waals surface area contributed by atoms with Gasteiger partial charge in [0.25, 0.3) is 0 Å². The molecule has 2 aromatic rings. The Kier molecular flexibility index (Phi) is 7.40. The number of ether oxygens (including phenoxy) is 2. The van der Waals surface area contributed by atoms with Crippen LogP contribution < -0.4 is 0 Å². The Hall–Kier alpha value is -2.13. The Labute approximate surface area is 157 Å². The molecule has 2 aromatic carbocycles. The predicted octanol–water partition coefficient (Wildman–Crippen LogP) is 5.56. The number of rotatable bonds is 8. The van der Waals surface area contributed by atoms with Crippen molar-refractivity contribution < 1.29 is 14.3 Å². The standard InChI is InChI=1S/C23H30O3/c1-23(2,3)16-20(22(24)25-4)15-21(19-13-9-6-10-14-19)26-17-18-11-7-5-8-12-18/h5-14,20-21H,15-17H2,1-4H3/t20-,21-/m1/s1. The molecule has 0 aliphatic carbocycles. The van der Waals surface area contributed by atoms with Crippen LogP contribution in [0.3, 0.4) is 0 Å². The lowest BCUT2D eigenvalue weighted by atomic mass is 9.81. The molecule has 0 radical (unpaired) electrons. The molecular formula is C23H30O3. The molecule has 26 heavy (non-hydrogen) atoms. The van der Waals surface area contributed by atoms with Gasteiger partial charge in [0.1, 0.15) is 0 Å². The van der Waals surface area contributed by atoms with Gasteiger partial charge in [-0.1, -0.05) is 81.4 Å². The third-order valence-corrected chi connectivity index (χ3v) is 4.36. The van der Waals surface area contributed by atoms with Crippen LogP contribution in [0.4, 0.5) is 0 Å². The van der Waals surface area contributed by atoms with Crippen molar-refractivity contribution in [3.63, 3.8) is 0 Å². The first-order chi connectivity index (χ1) is 12.4. The maximum absolute atomic E-state index is 12.4. The van der Waals surface area contributed by atoms with Crippen LogP contribution in [0, 0.1) is 11.3 Å². The van der Waals surface area contributed by atoms with E-state index < -0.39 is 0 Å². The molecule has 0 saturated heterocycles. The van der Waals surface area contributed by atoms with E-state index in [2.05, 4.69) is 45.0 Å². The Morgan fingerprint density at radius 2 is 1.54 bits per heavy atom. The number of carbonyl (C=O) groups excluding carboxylic acids is 1. The maximum atomic E-state index is 12.4. The minimum atomic E-state index is -0.194. The zero-order valence-corrected chi connectivity index (χ0v) is 16.3. The Balaban J connectivity index is 2.17. The topological polar surface area (TPSA) is 35.5 Å². The van der Waals surface area contributed by atoms with E-state index in [1.165, 1.54) is 7.11 Å². The number of esters is 1. The smallest absolute Gasteiger partial charge is 0.308 e. The van der Waals surface area contributed by atoms with Gasteiger partial charge >= 0.3 is 5.97 Å². The number of hydrogen-bond donors (Lipinski definition) is 0. The van der Waals surface area contributed by atoms with Crippen LogP contribution in [0.25, 0.3) is 0 Å². The van der Waals surface area contributed by atoms with Crippen LogP contribution in [0.2, 0.25) is 0 Å². The van der Waals surface area contributed by atoms with Crippen molar-refractivity contribution in [2.75, 3.05) is 7.11 Å². The van der Waals surface area contributed by atoms with Crippen molar-refractivity contribution in [1.29, 1.82) is 0 Å². The first-order valence-corrected chi connectivity index (χ1v) is 9.17. The van der Waals surface area contributed by atoms with Crippen LogP contribution in [0.15, 0.2) is 60.7 Å². The monoisotopic (exact) mass is 354 g/mol. The third kappa shape index (κ3) is 6.64. The van der Waals surface area contributed by atoms with Gasteiger partial charge in [0.2, 0.25) is 0 Å². The molecule has 3 nitrogen and oxygen atoms in total. The minimum Gasteiger partial charge on any atom is -0.469 e. The molecule has 0 aliphatic heterocycles. The molecule has 0 bridgehead atoms. The lowest BCUT2D eigenvalue weighted by Crippen LogP contribution is -2.25. The van der Waals surface area contributed by atoms with Crippen LogP contribution in [-0.4, -0.2) is 13.1 Å². The minimum absolute atomic E-state index is 0.0412. The molecule has 0 amide bonds. The molecule has 0 heterocycles. The summed E-state index contributed by atoms with van der Waals surface area (Å²) in [6.45, 7) is 6.95. The van der Waals surface area contributed by atoms with E-state index in [1.807, 2.05) is 36.4 Å². The number of hydrogen-bond acceptors (Lipinski definition) is 3. The molecule has 0 unspecified atom stereocenters. The highest BCUT2D eigenvalue weighted by Gasteiger charge is 2.29. The van der Waals surface area contributed by atoms with Gasteiger partial charge in [-0.15, -0.1) is 0 Å². The van der Waals surface area contributed by atoms with Crippen molar-refractivity contribution in [1.82, 2.24) is 0 Å². The van der Waals surface area contributed by atoms with Crippen molar-refractivity contribution in [2.24, 2.45) is 11.3 Å². The summed E-state index contributed by atoms with van der Waals surface area (Å²) in [6, 6.07) is 20.2. The first-order valence-electron chi connectivity index (χ1n) is 9.17. The number of benzene rings is 2. The molecule has 0 aliphatic rings. The Bertz CT molecular complexity index is 659. The van der Waals surface area contributed by atoms with E-state index in [4.69, 9.17) is 9.47 Å². The average Bonchev–Trinajstić information content (AvgIpc) is 2.64. The molecule has 3 heteroatoms.